The van der Waals surface area contributed by atoms with E-state index in [0.29, 0.717) is 17.9 Å². The van der Waals surface area contributed by atoms with Crippen LogP contribution in [0.2, 0.25) is 0 Å². The number of carbonyl (C=O) groups is 1. The zero-order valence-electron chi connectivity index (χ0n) is 18.5. The van der Waals surface area contributed by atoms with Gasteiger partial charge in [0, 0.05) is 19.3 Å². The Morgan fingerprint density at radius 2 is 1.59 bits per heavy atom. The van der Waals surface area contributed by atoms with Crippen LogP contribution in [-0.2, 0) is 21.4 Å². The Morgan fingerprint density at radius 1 is 0.969 bits per heavy atom. The molecule has 0 aromatic heterocycles. The molecule has 3 rings (SSSR count). The molecule has 0 aliphatic rings. The third kappa shape index (κ3) is 5.75. The predicted molar refractivity (Wildman–Crippen MR) is 126 cm³/mol. The SMILES string of the molecule is CCC(Oc1ccccc1C)C(=O)Nc1ccc(S(=O)(=O)N(C)Cc2ccccc2)cc1. The van der Waals surface area contributed by atoms with Crippen LogP contribution in [-0.4, -0.2) is 31.8 Å². The van der Waals surface area contributed by atoms with Gasteiger partial charge in [-0.1, -0.05) is 55.5 Å². The van der Waals surface area contributed by atoms with Crippen molar-refractivity contribution in [3.63, 3.8) is 0 Å². The molecule has 3 aromatic rings. The molecule has 1 unspecified atom stereocenters. The number of hydrogen-bond acceptors (Lipinski definition) is 4. The number of ether oxygens (including phenoxy) is 1. The maximum Gasteiger partial charge on any atom is 0.265 e. The summed E-state index contributed by atoms with van der Waals surface area (Å²) in [5, 5.41) is 2.81. The van der Waals surface area contributed by atoms with Crippen LogP contribution >= 0.6 is 0 Å². The monoisotopic (exact) mass is 452 g/mol. The number of hydrogen-bond donors (Lipinski definition) is 1. The molecule has 0 spiro atoms. The van der Waals surface area contributed by atoms with E-state index in [1.165, 1.54) is 16.4 Å². The minimum absolute atomic E-state index is 0.164. The Hall–Kier alpha value is -3.16. The Balaban J connectivity index is 1.66. The highest BCUT2D eigenvalue weighted by atomic mass is 32.2. The molecule has 0 radical (unpaired) electrons. The van der Waals surface area contributed by atoms with Gasteiger partial charge >= 0.3 is 0 Å². The van der Waals surface area contributed by atoms with Crippen LogP contribution < -0.4 is 10.1 Å². The third-order valence-corrected chi connectivity index (χ3v) is 6.92. The van der Waals surface area contributed by atoms with Crippen LogP contribution in [0, 0.1) is 6.92 Å². The molecule has 3 aromatic carbocycles. The minimum atomic E-state index is -3.65. The van der Waals surface area contributed by atoms with E-state index in [9.17, 15) is 13.2 Å². The summed E-state index contributed by atoms with van der Waals surface area (Å²) in [5.74, 6) is 0.380. The molecule has 7 heteroatoms. The van der Waals surface area contributed by atoms with E-state index < -0.39 is 16.1 Å². The molecular weight excluding hydrogens is 424 g/mol. The standard InChI is InChI=1S/C25H28N2O4S/c1-4-23(31-24-13-9-8-10-19(24)2)25(28)26-21-14-16-22(17-15-21)32(29,30)27(3)18-20-11-6-5-7-12-20/h5-17,23H,4,18H2,1-3H3,(H,26,28). The van der Waals surface area contributed by atoms with Crippen LogP contribution in [0.25, 0.3) is 0 Å². The largest absolute Gasteiger partial charge is 0.480 e. The zero-order valence-corrected chi connectivity index (χ0v) is 19.3. The second kappa shape index (κ2) is 10.4. The normalized spacial score (nSPS) is 12.4. The van der Waals surface area contributed by atoms with Gasteiger partial charge in [-0.2, -0.15) is 4.31 Å². The Bertz CT molecular complexity index is 1150. The molecule has 0 fully saturated rings. The smallest absolute Gasteiger partial charge is 0.265 e. The number of sulfonamides is 1. The molecule has 6 nitrogen and oxygen atoms in total. The second-order valence-electron chi connectivity index (χ2n) is 7.54. The highest BCUT2D eigenvalue weighted by molar-refractivity contribution is 7.89. The van der Waals surface area contributed by atoms with E-state index in [0.717, 1.165) is 11.1 Å². The quantitative estimate of drug-likeness (QED) is 0.514. The van der Waals surface area contributed by atoms with Crippen LogP contribution in [0.1, 0.15) is 24.5 Å². The molecule has 1 atom stereocenters. The molecule has 0 aliphatic carbocycles. The van der Waals surface area contributed by atoms with Crippen molar-refractivity contribution >= 4 is 21.6 Å². The molecular formula is C25H28N2O4S. The highest BCUT2D eigenvalue weighted by Gasteiger charge is 2.22. The molecule has 0 saturated heterocycles. The van der Waals surface area contributed by atoms with Gasteiger partial charge in [0.05, 0.1) is 4.90 Å². The summed E-state index contributed by atoms with van der Waals surface area (Å²) in [6.45, 7) is 4.07. The number of para-hydroxylation sites is 1. The molecule has 0 bridgehead atoms. The summed E-state index contributed by atoms with van der Waals surface area (Å²) < 4.78 is 32.9. The van der Waals surface area contributed by atoms with Crippen molar-refractivity contribution in [1.82, 2.24) is 4.31 Å². The van der Waals surface area contributed by atoms with E-state index in [-0.39, 0.29) is 17.3 Å². The first-order valence-corrected chi connectivity index (χ1v) is 11.9. The van der Waals surface area contributed by atoms with Crippen molar-refractivity contribution in [3.8, 4) is 5.75 Å². The molecule has 0 heterocycles. The fraction of sp³-hybridized carbons (Fsp3) is 0.240. The lowest BCUT2D eigenvalue weighted by Gasteiger charge is -2.19. The maximum atomic E-state index is 12.9. The first kappa shape index (κ1) is 23.5. The van der Waals surface area contributed by atoms with Gasteiger partial charge in [-0.3, -0.25) is 4.79 Å². The summed E-state index contributed by atoms with van der Waals surface area (Å²) in [7, 11) is -2.10. The zero-order chi connectivity index (χ0) is 23.1. The van der Waals surface area contributed by atoms with Crippen molar-refractivity contribution < 1.29 is 17.9 Å². The fourth-order valence-corrected chi connectivity index (χ4v) is 4.36. The van der Waals surface area contributed by atoms with Crippen LogP contribution in [0.4, 0.5) is 5.69 Å². The fourth-order valence-electron chi connectivity index (χ4n) is 3.20. The Morgan fingerprint density at radius 3 is 2.22 bits per heavy atom. The summed E-state index contributed by atoms with van der Waals surface area (Å²) in [4.78, 5) is 12.9. The van der Waals surface area contributed by atoms with Crippen molar-refractivity contribution in [2.45, 2.75) is 37.8 Å². The molecule has 0 aliphatic heterocycles. The van der Waals surface area contributed by atoms with Crippen LogP contribution in [0.15, 0.2) is 83.8 Å². The van der Waals surface area contributed by atoms with Gasteiger partial charge in [0.1, 0.15) is 5.75 Å². The summed E-state index contributed by atoms with van der Waals surface area (Å²) >= 11 is 0. The number of nitrogens with one attached hydrogen (secondary N) is 1. The minimum Gasteiger partial charge on any atom is -0.480 e. The van der Waals surface area contributed by atoms with E-state index in [1.807, 2.05) is 68.4 Å². The number of aryl methyl sites for hydroxylation is 1. The van der Waals surface area contributed by atoms with Gasteiger partial charge in [-0.25, -0.2) is 8.42 Å². The van der Waals surface area contributed by atoms with Crippen molar-refractivity contribution in [1.29, 1.82) is 0 Å². The van der Waals surface area contributed by atoms with Gasteiger partial charge in [-0.15, -0.1) is 0 Å². The molecule has 1 N–H and O–H groups in total. The third-order valence-electron chi connectivity index (χ3n) is 5.10. The van der Waals surface area contributed by atoms with Gasteiger partial charge in [-0.05, 0) is 54.8 Å². The van der Waals surface area contributed by atoms with Gasteiger partial charge < -0.3 is 10.1 Å². The summed E-state index contributed by atoms with van der Waals surface area (Å²) in [6, 6.07) is 23.1. The van der Waals surface area contributed by atoms with Gasteiger partial charge in [0.15, 0.2) is 6.10 Å². The Labute approximate surface area is 189 Å². The lowest BCUT2D eigenvalue weighted by molar-refractivity contribution is -0.122. The number of benzene rings is 3. The molecule has 1 amide bonds. The first-order valence-electron chi connectivity index (χ1n) is 10.4. The lowest BCUT2D eigenvalue weighted by Crippen LogP contribution is -2.32. The number of amides is 1. The van der Waals surface area contributed by atoms with E-state index in [2.05, 4.69) is 5.32 Å². The van der Waals surface area contributed by atoms with Crippen molar-refractivity contribution in [2.24, 2.45) is 0 Å². The number of carbonyl (C=O) groups excluding carboxylic acids is 1. The highest BCUT2D eigenvalue weighted by Crippen LogP contribution is 2.21. The average molecular weight is 453 g/mol. The number of anilines is 1. The van der Waals surface area contributed by atoms with Crippen LogP contribution in [0.3, 0.4) is 0 Å². The molecule has 168 valence electrons. The number of rotatable bonds is 9. The van der Waals surface area contributed by atoms with E-state index in [4.69, 9.17) is 4.74 Å². The first-order chi connectivity index (χ1) is 15.3. The molecule has 32 heavy (non-hydrogen) atoms. The van der Waals surface area contributed by atoms with E-state index in [1.54, 1.807) is 19.2 Å². The second-order valence-corrected chi connectivity index (χ2v) is 9.59. The predicted octanol–water partition coefficient (Wildman–Crippen LogP) is 4.61. The maximum absolute atomic E-state index is 12.9. The lowest BCUT2D eigenvalue weighted by atomic mass is 10.2. The summed E-state index contributed by atoms with van der Waals surface area (Å²) in [6.07, 6.45) is -0.159. The topological polar surface area (TPSA) is 75.7 Å². The van der Waals surface area contributed by atoms with Crippen LogP contribution in [0.5, 0.6) is 5.75 Å². The summed E-state index contributed by atoms with van der Waals surface area (Å²) in [5.41, 5.74) is 2.36. The number of nitrogens with zero attached hydrogens (tertiary/aromatic N) is 1. The van der Waals surface area contributed by atoms with Crippen molar-refractivity contribution in [2.75, 3.05) is 12.4 Å². The average Bonchev–Trinajstić information content (AvgIpc) is 2.79. The van der Waals surface area contributed by atoms with Gasteiger partial charge in [0.25, 0.3) is 5.91 Å². The van der Waals surface area contributed by atoms with Gasteiger partial charge in [0.2, 0.25) is 10.0 Å². The Kier molecular flexibility index (Phi) is 7.66. The van der Waals surface area contributed by atoms with E-state index >= 15 is 0 Å². The van der Waals surface area contributed by atoms with Crippen molar-refractivity contribution in [3.05, 3.63) is 90.0 Å². The molecule has 0 saturated carbocycles.